The van der Waals surface area contributed by atoms with Gasteiger partial charge in [0.05, 0.1) is 36.6 Å². The van der Waals surface area contributed by atoms with Gasteiger partial charge in [0.25, 0.3) is 5.91 Å². The number of alkyl halides is 5. The number of fused-ring (bicyclic) bond motifs is 1. The van der Waals surface area contributed by atoms with Crippen LogP contribution in [0.2, 0.25) is 0 Å². The Bertz CT molecular complexity index is 1370. The van der Waals surface area contributed by atoms with Gasteiger partial charge in [-0.05, 0) is 61.2 Å². The van der Waals surface area contributed by atoms with Crippen molar-refractivity contribution in [1.29, 1.82) is 0 Å². The first-order chi connectivity index (χ1) is 18.9. The fraction of sp³-hybridized carbons (Fsp3) is 0.600. The highest BCUT2D eigenvalue weighted by molar-refractivity contribution is 5.93. The van der Waals surface area contributed by atoms with Crippen molar-refractivity contribution in [3.63, 3.8) is 0 Å². The molecule has 10 nitrogen and oxygen atoms in total. The highest BCUT2D eigenvalue weighted by atomic mass is 19.4. The van der Waals surface area contributed by atoms with E-state index in [4.69, 9.17) is 0 Å². The van der Waals surface area contributed by atoms with Gasteiger partial charge in [0, 0.05) is 19.3 Å². The molecule has 0 bridgehead atoms. The molecular weight excluding hydrogens is 541 g/mol. The predicted molar refractivity (Wildman–Crippen MR) is 128 cm³/mol. The molecule has 0 spiro atoms. The highest BCUT2D eigenvalue weighted by Gasteiger charge is 2.40. The van der Waals surface area contributed by atoms with Gasteiger partial charge >= 0.3 is 6.18 Å². The fourth-order valence-corrected chi connectivity index (χ4v) is 5.11. The molecule has 2 aliphatic rings. The number of carbonyl (C=O) groups is 2. The van der Waals surface area contributed by atoms with E-state index < -0.39 is 48.8 Å². The maximum Gasteiger partial charge on any atom is 0.389 e. The third-order valence-electron chi connectivity index (χ3n) is 7.47. The summed E-state index contributed by atoms with van der Waals surface area (Å²) >= 11 is 0. The molecule has 2 fully saturated rings. The van der Waals surface area contributed by atoms with E-state index in [-0.39, 0.29) is 48.9 Å². The van der Waals surface area contributed by atoms with Gasteiger partial charge in [0.1, 0.15) is 5.69 Å². The third kappa shape index (κ3) is 6.55. The molecule has 0 aliphatic heterocycles. The van der Waals surface area contributed by atoms with Gasteiger partial charge in [-0.2, -0.15) is 18.3 Å². The van der Waals surface area contributed by atoms with Gasteiger partial charge in [-0.25, -0.2) is 22.9 Å². The summed E-state index contributed by atoms with van der Waals surface area (Å²) in [6.07, 6.45) is -1.88. The summed E-state index contributed by atoms with van der Waals surface area (Å²) in [5.41, 5.74) is 1.62. The lowest BCUT2D eigenvalue weighted by Crippen LogP contribution is -2.37. The van der Waals surface area contributed by atoms with E-state index in [0.29, 0.717) is 16.9 Å². The van der Waals surface area contributed by atoms with Crippen LogP contribution in [0.15, 0.2) is 23.1 Å². The molecule has 40 heavy (non-hydrogen) atoms. The zero-order chi connectivity index (χ0) is 28.7. The van der Waals surface area contributed by atoms with E-state index in [1.807, 2.05) is 0 Å². The van der Waals surface area contributed by atoms with Crippen LogP contribution in [-0.4, -0.2) is 48.8 Å². The molecule has 3 aromatic heterocycles. The van der Waals surface area contributed by atoms with Crippen LogP contribution in [0, 0.1) is 18.8 Å². The minimum Gasteiger partial charge on any atom is -0.349 e. The molecule has 3 aromatic rings. The molecule has 2 saturated carbocycles. The Kier molecular flexibility index (Phi) is 7.48. The highest BCUT2D eigenvalue weighted by Crippen LogP contribution is 2.43. The van der Waals surface area contributed by atoms with Crippen molar-refractivity contribution >= 4 is 17.5 Å². The Morgan fingerprint density at radius 1 is 1.10 bits per heavy atom. The zero-order valence-electron chi connectivity index (χ0n) is 21.5. The van der Waals surface area contributed by atoms with E-state index in [9.17, 15) is 31.5 Å². The molecule has 0 aromatic carbocycles. The number of nitrogens with zero attached hydrogens (tertiary/aromatic N) is 5. The van der Waals surface area contributed by atoms with Crippen LogP contribution in [0.25, 0.3) is 5.65 Å². The molecule has 2 amide bonds. The molecule has 15 heteroatoms. The van der Waals surface area contributed by atoms with Gasteiger partial charge < -0.3 is 10.6 Å². The first kappa shape index (κ1) is 27.9. The SMILES string of the molecule is Cc1nonc1C(=O)N[C@H](c1cn2ncc(C(NC(=O)CCC(F)(F)F)C3CC3)cc2n1)C1CCC(F)(F)CC1. The quantitative estimate of drug-likeness (QED) is 0.360. The van der Waals surface area contributed by atoms with Crippen molar-refractivity contribution in [1.82, 2.24) is 35.5 Å². The minimum atomic E-state index is -4.43. The summed E-state index contributed by atoms with van der Waals surface area (Å²) < 4.78 is 71.6. The summed E-state index contributed by atoms with van der Waals surface area (Å²) in [6.45, 7) is 1.55. The van der Waals surface area contributed by atoms with Crippen LogP contribution in [0.1, 0.15) is 90.9 Å². The topological polar surface area (TPSA) is 127 Å². The number of hydrogen-bond acceptors (Lipinski definition) is 7. The molecule has 2 N–H and O–H groups in total. The van der Waals surface area contributed by atoms with Crippen molar-refractivity contribution in [2.24, 2.45) is 11.8 Å². The average molecular weight is 570 g/mol. The van der Waals surface area contributed by atoms with Gasteiger partial charge in [0.2, 0.25) is 11.8 Å². The molecule has 0 radical (unpaired) electrons. The monoisotopic (exact) mass is 569 g/mol. The van der Waals surface area contributed by atoms with E-state index in [2.05, 4.69) is 35.7 Å². The Morgan fingerprint density at radius 2 is 1.80 bits per heavy atom. The largest absolute Gasteiger partial charge is 0.389 e. The number of imidazole rings is 1. The van der Waals surface area contributed by atoms with E-state index in [1.54, 1.807) is 19.2 Å². The Morgan fingerprint density at radius 3 is 2.42 bits per heavy atom. The molecular formula is C25H28F5N7O3. The van der Waals surface area contributed by atoms with E-state index >= 15 is 0 Å². The number of rotatable bonds is 9. The Balaban J connectivity index is 1.39. The van der Waals surface area contributed by atoms with Crippen LogP contribution in [0.5, 0.6) is 0 Å². The number of amides is 2. The molecule has 0 saturated heterocycles. The molecule has 5 rings (SSSR count). The summed E-state index contributed by atoms with van der Waals surface area (Å²) in [4.78, 5) is 29.8. The minimum absolute atomic E-state index is 0.0242. The molecule has 1 unspecified atom stereocenters. The van der Waals surface area contributed by atoms with Crippen LogP contribution >= 0.6 is 0 Å². The van der Waals surface area contributed by atoms with Crippen LogP contribution < -0.4 is 10.6 Å². The van der Waals surface area contributed by atoms with E-state index in [1.165, 1.54) is 10.7 Å². The van der Waals surface area contributed by atoms with Crippen molar-refractivity contribution in [3.8, 4) is 0 Å². The maximum absolute atomic E-state index is 13.9. The lowest BCUT2D eigenvalue weighted by Gasteiger charge is -2.33. The summed E-state index contributed by atoms with van der Waals surface area (Å²) in [6, 6.07) is 0.437. The van der Waals surface area contributed by atoms with E-state index in [0.717, 1.165) is 12.8 Å². The lowest BCUT2D eigenvalue weighted by atomic mass is 9.81. The molecule has 3 heterocycles. The summed E-state index contributed by atoms with van der Waals surface area (Å²) in [5, 5.41) is 17.2. The lowest BCUT2D eigenvalue weighted by molar-refractivity contribution is -0.144. The van der Waals surface area contributed by atoms with Gasteiger partial charge in [-0.3, -0.25) is 9.59 Å². The first-order valence-corrected chi connectivity index (χ1v) is 13.1. The van der Waals surface area contributed by atoms with Gasteiger partial charge in [0.15, 0.2) is 11.3 Å². The summed E-state index contributed by atoms with van der Waals surface area (Å²) in [7, 11) is 0. The smallest absolute Gasteiger partial charge is 0.349 e. The number of aryl methyl sites for hydroxylation is 1. The second-order valence-corrected chi connectivity index (χ2v) is 10.6. The first-order valence-electron chi connectivity index (χ1n) is 13.1. The zero-order valence-corrected chi connectivity index (χ0v) is 21.5. The number of nitrogens with one attached hydrogen (secondary N) is 2. The Hall–Kier alpha value is -3.65. The second kappa shape index (κ2) is 10.7. The van der Waals surface area contributed by atoms with Crippen LogP contribution in [0.3, 0.4) is 0 Å². The van der Waals surface area contributed by atoms with Gasteiger partial charge in [-0.1, -0.05) is 5.16 Å². The van der Waals surface area contributed by atoms with Gasteiger partial charge in [-0.15, -0.1) is 0 Å². The fourth-order valence-electron chi connectivity index (χ4n) is 5.11. The van der Waals surface area contributed by atoms with Crippen molar-refractivity contribution < 1.29 is 36.2 Å². The standard InChI is InChI=1S/C25H28F5N7O3/c1-13-20(36-40-35-13)23(39)34-22(15-4-7-24(26,27)8-5-15)17-12-37-18(32-17)10-16(11-31-37)21(14-2-3-14)33-19(38)6-9-25(28,29)30/h10-12,14-15,21-22H,2-9H2,1H3,(H,33,38)(H,34,39)/t21?,22-/m0/s1. The van der Waals surface area contributed by atoms with Crippen molar-refractivity contribution in [3.05, 3.63) is 41.1 Å². The second-order valence-electron chi connectivity index (χ2n) is 10.6. The average Bonchev–Trinajstić information content (AvgIpc) is 3.49. The number of halogens is 5. The van der Waals surface area contributed by atoms with Crippen LogP contribution in [0.4, 0.5) is 22.0 Å². The number of carbonyl (C=O) groups excluding carboxylic acids is 2. The number of hydrogen-bond donors (Lipinski definition) is 2. The predicted octanol–water partition coefficient (Wildman–Crippen LogP) is 4.63. The van der Waals surface area contributed by atoms with Crippen molar-refractivity contribution in [2.75, 3.05) is 0 Å². The molecule has 2 aliphatic carbocycles. The maximum atomic E-state index is 13.9. The number of aromatic nitrogens is 5. The Labute approximate surface area is 225 Å². The van der Waals surface area contributed by atoms with Crippen molar-refractivity contribution in [2.45, 2.75) is 82.5 Å². The summed E-state index contributed by atoms with van der Waals surface area (Å²) in [5.74, 6) is -4.31. The third-order valence-corrected chi connectivity index (χ3v) is 7.47. The molecule has 216 valence electrons. The normalized spacial score (nSPS) is 19.4. The molecule has 2 atom stereocenters. The van der Waals surface area contributed by atoms with Crippen LogP contribution in [-0.2, 0) is 4.79 Å².